The predicted molar refractivity (Wildman–Crippen MR) is 50.0 cm³/mol. The second-order valence-corrected chi connectivity index (χ2v) is 2.65. The Balaban J connectivity index is 2.20. The summed E-state index contributed by atoms with van der Waals surface area (Å²) >= 11 is 0. The lowest BCUT2D eigenvalue weighted by Gasteiger charge is -1.98. The molecule has 2 N–H and O–H groups in total. The molecule has 0 bridgehead atoms. The number of carboxylic acids is 1. The van der Waals surface area contributed by atoms with E-state index in [9.17, 15) is 9.59 Å². The van der Waals surface area contributed by atoms with E-state index in [0.717, 1.165) is 17.8 Å². The number of carboxylic acid groups (broad SMARTS) is 1. The first-order chi connectivity index (χ1) is 7.18. The van der Waals surface area contributed by atoms with Crippen molar-refractivity contribution in [2.24, 2.45) is 0 Å². The van der Waals surface area contributed by atoms with Crippen molar-refractivity contribution in [2.45, 2.75) is 6.42 Å². The van der Waals surface area contributed by atoms with Crippen molar-refractivity contribution in [3.05, 3.63) is 30.4 Å². The molecular weight excluding hydrogens is 200 g/mol. The van der Waals surface area contributed by atoms with Crippen LogP contribution in [0.1, 0.15) is 5.69 Å². The van der Waals surface area contributed by atoms with E-state index in [0.29, 0.717) is 6.42 Å². The molecule has 6 heteroatoms. The highest BCUT2D eigenvalue weighted by Gasteiger charge is 1.99. The number of esters is 1. The van der Waals surface area contributed by atoms with E-state index >= 15 is 0 Å². The largest absolute Gasteiger partial charge is 0.478 e. The summed E-state index contributed by atoms with van der Waals surface area (Å²) in [5.41, 5.74) is 0.782. The minimum absolute atomic E-state index is 0.174. The number of hydrogen-bond donors (Lipinski definition) is 2. The van der Waals surface area contributed by atoms with Crippen LogP contribution in [0, 0.1) is 0 Å². The van der Waals surface area contributed by atoms with Crippen LogP contribution >= 0.6 is 0 Å². The van der Waals surface area contributed by atoms with Crippen LogP contribution in [0.5, 0.6) is 0 Å². The smallest absolute Gasteiger partial charge is 0.331 e. The molecule has 0 aliphatic rings. The van der Waals surface area contributed by atoms with Gasteiger partial charge in [0.2, 0.25) is 0 Å². The summed E-state index contributed by atoms with van der Waals surface area (Å²) in [7, 11) is 0. The maximum absolute atomic E-state index is 10.9. The molecule has 1 rings (SSSR count). The summed E-state index contributed by atoms with van der Waals surface area (Å²) in [5, 5.41) is 8.23. The number of hydrogen-bond acceptors (Lipinski definition) is 4. The lowest BCUT2D eigenvalue weighted by Crippen LogP contribution is -2.05. The molecule has 0 radical (unpaired) electrons. The van der Waals surface area contributed by atoms with Crippen molar-refractivity contribution in [1.82, 2.24) is 9.97 Å². The van der Waals surface area contributed by atoms with Gasteiger partial charge in [0.05, 0.1) is 18.6 Å². The molecule has 0 fully saturated rings. The van der Waals surface area contributed by atoms with E-state index in [1.54, 1.807) is 6.20 Å². The highest BCUT2D eigenvalue weighted by molar-refractivity contribution is 5.90. The number of aromatic nitrogens is 2. The Labute approximate surface area is 85.6 Å². The van der Waals surface area contributed by atoms with Crippen LogP contribution in [0.15, 0.2) is 24.7 Å². The van der Waals surface area contributed by atoms with Crippen molar-refractivity contribution < 1.29 is 19.4 Å². The molecule has 0 saturated heterocycles. The lowest BCUT2D eigenvalue weighted by atomic mass is 10.3. The fourth-order valence-corrected chi connectivity index (χ4v) is 0.871. The van der Waals surface area contributed by atoms with Crippen LogP contribution in [0.3, 0.4) is 0 Å². The van der Waals surface area contributed by atoms with Crippen molar-refractivity contribution in [2.75, 3.05) is 6.61 Å². The van der Waals surface area contributed by atoms with E-state index in [2.05, 4.69) is 9.97 Å². The first-order valence-corrected chi connectivity index (χ1v) is 4.24. The van der Waals surface area contributed by atoms with Gasteiger partial charge in [-0.2, -0.15) is 0 Å². The minimum atomic E-state index is -1.18. The average molecular weight is 210 g/mol. The third kappa shape index (κ3) is 4.61. The van der Waals surface area contributed by atoms with Gasteiger partial charge in [-0.05, 0) is 0 Å². The van der Waals surface area contributed by atoms with Crippen molar-refractivity contribution >= 4 is 11.9 Å². The molecule has 80 valence electrons. The maximum Gasteiger partial charge on any atom is 0.331 e. The number of ether oxygens (including phenoxy) is 1. The molecule has 0 unspecified atom stereocenters. The van der Waals surface area contributed by atoms with Gasteiger partial charge >= 0.3 is 11.9 Å². The van der Waals surface area contributed by atoms with E-state index in [-0.39, 0.29) is 6.61 Å². The van der Waals surface area contributed by atoms with Crippen LogP contribution in [-0.4, -0.2) is 33.6 Å². The van der Waals surface area contributed by atoms with Crippen molar-refractivity contribution in [3.8, 4) is 0 Å². The monoisotopic (exact) mass is 210 g/mol. The van der Waals surface area contributed by atoms with E-state index in [4.69, 9.17) is 9.84 Å². The highest BCUT2D eigenvalue weighted by atomic mass is 16.5. The first kappa shape index (κ1) is 11.0. The van der Waals surface area contributed by atoms with Crippen LogP contribution < -0.4 is 0 Å². The summed E-state index contributed by atoms with van der Waals surface area (Å²) in [6, 6.07) is 0. The SMILES string of the molecule is O=C(O)/C=C\C(=O)OCCc1c[nH]cn1. The number of carbonyl (C=O) groups excluding carboxylic acids is 1. The highest BCUT2D eigenvalue weighted by Crippen LogP contribution is 1.93. The Hall–Kier alpha value is -2.11. The topological polar surface area (TPSA) is 92.3 Å². The number of aromatic amines is 1. The molecule has 0 atom stereocenters. The van der Waals surface area contributed by atoms with Crippen molar-refractivity contribution in [1.29, 1.82) is 0 Å². The van der Waals surface area contributed by atoms with Crippen LogP contribution in [0.25, 0.3) is 0 Å². The quantitative estimate of drug-likeness (QED) is 0.532. The maximum atomic E-state index is 10.9. The van der Waals surface area contributed by atoms with Crippen LogP contribution in [-0.2, 0) is 20.7 Å². The molecule has 0 aliphatic carbocycles. The summed E-state index contributed by atoms with van der Waals surface area (Å²) < 4.78 is 4.72. The molecule has 6 nitrogen and oxygen atoms in total. The summed E-state index contributed by atoms with van der Waals surface area (Å²) in [5.74, 6) is -1.85. The zero-order valence-electron chi connectivity index (χ0n) is 7.84. The number of H-pyrrole nitrogens is 1. The Kier molecular flexibility index (Phi) is 4.08. The average Bonchev–Trinajstić information content (AvgIpc) is 2.67. The van der Waals surface area contributed by atoms with Gasteiger partial charge < -0.3 is 14.8 Å². The van der Waals surface area contributed by atoms with Gasteiger partial charge in [-0.25, -0.2) is 14.6 Å². The first-order valence-electron chi connectivity index (χ1n) is 4.24. The molecule has 15 heavy (non-hydrogen) atoms. The fourth-order valence-electron chi connectivity index (χ4n) is 0.871. The third-order valence-corrected chi connectivity index (χ3v) is 1.52. The molecule has 0 amide bonds. The van der Waals surface area contributed by atoms with Gasteiger partial charge in [-0.1, -0.05) is 0 Å². The van der Waals surface area contributed by atoms with Crippen LogP contribution in [0.4, 0.5) is 0 Å². The number of nitrogens with zero attached hydrogens (tertiary/aromatic N) is 1. The number of nitrogens with one attached hydrogen (secondary N) is 1. The zero-order chi connectivity index (χ0) is 11.1. The zero-order valence-corrected chi connectivity index (χ0v) is 7.84. The summed E-state index contributed by atoms with van der Waals surface area (Å²) in [6.45, 7) is 0.174. The molecule has 0 aromatic carbocycles. The second kappa shape index (κ2) is 5.58. The Morgan fingerprint density at radius 3 is 2.93 bits per heavy atom. The van der Waals surface area contributed by atoms with E-state index in [1.165, 1.54) is 6.33 Å². The lowest BCUT2D eigenvalue weighted by molar-refractivity contribution is -0.138. The minimum Gasteiger partial charge on any atom is -0.478 e. The van der Waals surface area contributed by atoms with Gasteiger partial charge in [0, 0.05) is 24.8 Å². The Bertz CT molecular complexity index is 356. The number of imidazole rings is 1. The summed E-state index contributed by atoms with van der Waals surface area (Å²) in [6.07, 6.45) is 5.32. The van der Waals surface area contributed by atoms with Gasteiger partial charge in [0.15, 0.2) is 0 Å². The van der Waals surface area contributed by atoms with E-state index < -0.39 is 11.9 Å². The standard InChI is InChI=1S/C9H10N2O4/c12-8(13)1-2-9(14)15-4-3-7-5-10-6-11-7/h1-2,5-6H,3-4H2,(H,10,11)(H,12,13)/b2-1-. The molecule has 0 aliphatic heterocycles. The normalized spacial score (nSPS) is 10.4. The Morgan fingerprint density at radius 2 is 2.33 bits per heavy atom. The third-order valence-electron chi connectivity index (χ3n) is 1.52. The van der Waals surface area contributed by atoms with Crippen molar-refractivity contribution in [3.63, 3.8) is 0 Å². The number of rotatable bonds is 5. The summed E-state index contributed by atoms with van der Waals surface area (Å²) in [4.78, 5) is 27.6. The Morgan fingerprint density at radius 1 is 1.53 bits per heavy atom. The number of carbonyl (C=O) groups is 2. The molecule has 1 aromatic heterocycles. The fraction of sp³-hybridized carbons (Fsp3) is 0.222. The van der Waals surface area contributed by atoms with Gasteiger partial charge in [-0.3, -0.25) is 0 Å². The number of aliphatic carboxylic acids is 1. The van der Waals surface area contributed by atoms with Gasteiger partial charge in [0.25, 0.3) is 0 Å². The van der Waals surface area contributed by atoms with Gasteiger partial charge in [0.1, 0.15) is 0 Å². The second-order valence-electron chi connectivity index (χ2n) is 2.65. The molecule has 0 spiro atoms. The van der Waals surface area contributed by atoms with Crippen LogP contribution in [0.2, 0.25) is 0 Å². The molecule has 1 heterocycles. The predicted octanol–water partition coefficient (Wildman–Crippen LogP) is 0.136. The van der Waals surface area contributed by atoms with E-state index in [1.807, 2.05) is 0 Å². The molecular formula is C9H10N2O4. The molecule has 0 saturated carbocycles. The van der Waals surface area contributed by atoms with Gasteiger partial charge in [-0.15, -0.1) is 0 Å². The molecule has 1 aromatic rings.